The number of aromatic amines is 1. The molecule has 2 aromatic rings. The fraction of sp³-hybridized carbons (Fsp3) is 0.533. The van der Waals surface area contributed by atoms with Crippen molar-refractivity contribution in [3.63, 3.8) is 0 Å². The summed E-state index contributed by atoms with van der Waals surface area (Å²) < 4.78 is 5.15. The molecule has 0 aliphatic heterocycles. The van der Waals surface area contributed by atoms with Gasteiger partial charge in [-0.05, 0) is 0 Å². The lowest BCUT2D eigenvalue weighted by molar-refractivity contribution is -0.135. The first-order chi connectivity index (χ1) is 11.4. The quantitative estimate of drug-likeness (QED) is 0.766. The second-order valence-electron chi connectivity index (χ2n) is 5.93. The molecule has 0 aromatic carbocycles. The molecule has 0 fully saturated rings. The summed E-state index contributed by atoms with van der Waals surface area (Å²) in [4.78, 5) is 36.6. The average Bonchev–Trinajstić information content (AvgIpc) is 3.16. The van der Waals surface area contributed by atoms with E-state index in [2.05, 4.69) is 25.4 Å². The Hall–Kier alpha value is -2.71. The van der Waals surface area contributed by atoms with E-state index < -0.39 is 6.04 Å². The number of rotatable bonds is 7. The summed E-state index contributed by atoms with van der Waals surface area (Å²) in [5.74, 6) is 0.584. The number of aromatic nitrogens is 4. The van der Waals surface area contributed by atoms with Crippen LogP contribution >= 0.6 is 0 Å². The van der Waals surface area contributed by atoms with Crippen LogP contribution in [0.1, 0.15) is 44.1 Å². The van der Waals surface area contributed by atoms with Gasteiger partial charge in [0.05, 0.1) is 12.9 Å². The number of nitrogens with one attached hydrogen (secondary N) is 2. The molecule has 1 atom stereocenters. The van der Waals surface area contributed by atoms with Gasteiger partial charge in [0.2, 0.25) is 17.7 Å². The third-order valence-electron chi connectivity index (χ3n) is 3.40. The zero-order valence-corrected chi connectivity index (χ0v) is 14.2. The Morgan fingerprint density at radius 1 is 1.42 bits per heavy atom. The SMILES string of the molecule is CC(=O)N[C@@H](Cc1cnc[nH]1)C(=O)N(C)Cc1nc(C(C)C)no1. The Morgan fingerprint density at radius 2 is 2.17 bits per heavy atom. The van der Waals surface area contributed by atoms with E-state index in [4.69, 9.17) is 4.52 Å². The van der Waals surface area contributed by atoms with E-state index in [0.717, 1.165) is 5.69 Å². The molecule has 24 heavy (non-hydrogen) atoms. The van der Waals surface area contributed by atoms with Crippen molar-refractivity contribution in [2.24, 2.45) is 0 Å². The van der Waals surface area contributed by atoms with Gasteiger partial charge in [0.25, 0.3) is 0 Å². The van der Waals surface area contributed by atoms with Gasteiger partial charge in [-0.25, -0.2) is 4.98 Å². The molecule has 2 amide bonds. The van der Waals surface area contributed by atoms with Crippen LogP contribution in [0.4, 0.5) is 0 Å². The molecule has 0 aliphatic carbocycles. The first-order valence-electron chi connectivity index (χ1n) is 7.68. The summed E-state index contributed by atoms with van der Waals surface area (Å²) in [5, 5.41) is 6.54. The monoisotopic (exact) mass is 334 g/mol. The van der Waals surface area contributed by atoms with Crippen LogP contribution in [0.15, 0.2) is 17.0 Å². The summed E-state index contributed by atoms with van der Waals surface area (Å²) in [6.45, 7) is 5.47. The van der Waals surface area contributed by atoms with Crippen molar-refractivity contribution in [2.75, 3.05) is 7.05 Å². The molecule has 2 rings (SSSR count). The molecule has 2 aromatic heterocycles. The third kappa shape index (κ3) is 4.64. The van der Waals surface area contributed by atoms with Gasteiger partial charge in [-0.15, -0.1) is 0 Å². The standard InChI is InChI=1S/C15H22N6O3/c1-9(2)14-19-13(24-20-14)7-21(4)15(23)12(18-10(3)22)5-11-6-16-8-17-11/h6,8-9,12H,5,7H2,1-4H3,(H,16,17)(H,18,22)/t12-/m0/s1. The molecule has 9 nitrogen and oxygen atoms in total. The lowest BCUT2D eigenvalue weighted by Gasteiger charge is -2.22. The van der Waals surface area contributed by atoms with Crippen molar-refractivity contribution in [3.8, 4) is 0 Å². The molecule has 0 spiro atoms. The van der Waals surface area contributed by atoms with Crippen LogP contribution in [0.3, 0.4) is 0 Å². The Kier molecular flexibility index (Phi) is 5.67. The van der Waals surface area contributed by atoms with Crippen LogP contribution in [0.5, 0.6) is 0 Å². The second-order valence-corrected chi connectivity index (χ2v) is 5.93. The van der Waals surface area contributed by atoms with Crippen molar-refractivity contribution in [1.82, 2.24) is 30.3 Å². The third-order valence-corrected chi connectivity index (χ3v) is 3.40. The molecule has 0 radical (unpaired) electrons. The van der Waals surface area contributed by atoms with E-state index >= 15 is 0 Å². The van der Waals surface area contributed by atoms with Crippen LogP contribution in [0.2, 0.25) is 0 Å². The summed E-state index contributed by atoms with van der Waals surface area (Å²) >= 11 is 0. The normalized spacial score (nSPS) is 12.2. The minimum atomic E-state index is -0.694. The van der Waals surface area contributed by atoms with Gasteiger partial charge in [0.15, 0.2) is 5.82 Å². The fourth-order valence-electron chi connectivity index (χ4n) is 2.18. The number of amides is 2. The molecule has 130 valence electrons. The van der Waals surface area contributed by atoms with Crippen LogP contribution in [-0.4, -0.2) is 49.9 Å². The lowest BCUT2D eigenvalue weighted by Crippen LogP contribution is -2.47. The molecular weight excluding hydrogens is 312 g/mol. The zero-order valence-electron chi connectivity index (χ0n) is 14.2. The predicted octanol–water partition coefficient (Wildman–Crippen LogP) is 0.622. The predicted molar refractivity (Wildman–Crippen MR) is 84.8 cm³/mol. The van der Waals surface area contributed by atoms with E-state index in [-0.39, 0.29) is 24.3 Å². The van der Waals surface area contributed by atoms with Crippen molar-refractivity contribution in [1.29, 1.82) is 0 Å². The highest BCUT2D eigenvalue weighted by Gasteiger charge is 2.25. The van der Waals surface area contributed by atoms with Gasteiger partial charge < -0.3 is 19.7 Å². The number of imidazole rings is 1. The molecule has 2 N–H and O–H groups in total. The average molecular weight is 334 g/mol. The highest BCUT2D eigenvalue weighted by molar-refractivity contribution is 5.86. The maximum atomic E-state index is 12.6. The van der Waals surface area contributed by atoms with E-state index in [9.17, 15) is 9.59 Å². The number of carbonyl (C=O) groups excluding carboxylic acids is 2. The smallest absolute Gasteiger partial charge is 0.246 e. The summed E-state index contributed by atoms with van der Waals surface area (Å²) in [6, 6.07) is -0.694. The largest absolute Gasteiger partial charge is 0.348 e. The first-order valence-corrected chi connectivity index (χ1v) is 7.68. The Balaban J connectivity index is 2.04. The van der Waals surface area contributed by atoms with Crippen molar-refractivity contribution in [3.05, 3.63) is 29.9 Å². The molecule has 0 aliphatic rings. The Bertz CT molecular complexity index is 679. The maximum Gasteiger partial charge on any atom is 0.246 e. The van der Waals surface area contributed by atoms with Crippen LogP contribution in [-0.2, 0) is 22.6 Å². The Labute approximate surface area is 139 Å². The topological polar surface area (TPSA) is 117 Å². The van der Waals surface area contributed by atoms with E-state index in [0.29, 0.717) is 18.1 Å². The fourth-order valence-corrected chi connectivity index (χ4v) is 2.18. The minimum absolute atomic E-state index is 0.149. The van der Waals surface area contributed by atoms with Gasteiger partial charge in [0, 0.05) is 38.2 Å². The molecule has 0 saturated heterocycles. The number of hydrogen-bond acceptors (Lipinski definition) is 6. The van der Waals surface area contributed by atoms with Gasteiger partial charge in [-0.3, -0.25) is 9.59 Å². The van der Waals surface area contributed by atoms with Gasteiger partial charge >= 0.3 is 0 Å². The first kappa shape index (κ1) is 17.6. The van der Waals surface area contributed by atoms with Gasteiger partial charge in [-0.2, -0.15) is 4.98 Å². The summed E-state index contributed by atoms with van der Waals surface area (Å²) in [5.41, 5.74) is 0.760. The minimum Gasteiger partial charge on any atom is -0.348 e. The van der Waals surface area contributed by atoms with E-state index in [1.807, 2.05) is 13.8 Å². The highest BCUT2D eigenvalue weighted by Crippen LogP contribution is 2.11. The lowest BCUT2D eigenvalue weighted by atomic mass is 10.1. The van der Waals surface area contributed by atoms with Gasteiger partial charge in [-0.1, -0.05) is 19.0 Å². The maximum absolute atomic E-state index is 12.6. The molecule has 0 bridgehead atoms. The number of nitrogens with zero attached hydrogens (tertiary/aromatic N) is 4. The molecule has 2 heterocycles. The van der Waals surface area contributed by atoms with Crippen LogP contribution in [0, 0.1) is 0 Å². The molecular formula is C15H22N6O3. The second kappa shape index (κ2) is 7.71. The van der Waals surface area contributed by atoms with Crippen molar-refractivity contribution < 1.29 is 14.1 Å². The van der Waals surface area contributed by atoms with Crippen molar-refractivity contribution in [2.45, 2.75) is 45.7 Å². The van der Waals surface area contributed by atoms with E-state index in [1.54, 1.807) is 13.2 Å². The van der Waals surface area contributed by atoms with Crippen molar-refractivity contribution >= 4 is 11.8 Å². The van der Waals surface area contributed by atoms with E-state index in [1.165, 1.54) is 18.2 Å². The van der Waals surface area contributed by atoms with Gasteiger partial charge in [0.1, 0.15) is 6.04 Å². The Morgan fingerprint density at radius 3 is 2.71 bits per heavy atom. The molecule has 0 unspecified atom stereocenters. The number of hydrogen-bond donors (Lipinski definition) is 2. The summed E-state index contributed by atoms with van der Waals surface area (Å²) in [7, 11) is 1.63. The molecule has 0 saturated carbocycles. The highest BCUT2D eigenvalue weighted by atomic mass is 16.5. The number of likely N-dealkylation sites (N-methyl/N-ethyl adjacent to an activating group) is 1. The number of carbonyl (C=O) groups is 2. The van der Waals surface area contributed by atoms with Crippen LogP contribution in [0.25, 0.3) is 0 Å². The summed E-state index contributed by atoms with van der Waals surface area (Å²) in [6.07, 6.45) is 3.47. The zero-order chi connectivity index (χ0) is 17.7. The molecule has 9 heteroatoms. The number of H-pyrrole nitrogens is 1. The van der Waals surface area contributed by atoms with Crippen LogP contribution < -0.4 is 5.32 Å².